The van der Waals surface area contributed by atoms with Crippen molar-refractivity contribution in [3.8, 4) is 0 Å². The summed E-state index contributed by atoms with van der Waals surface area (Å²) in [5.74, 6) is 0. The number of alkyl halides is 3. The molecule has 0 spiro atoms. The standard InChI is InChI=1S/C11H19F3N2O5S/c1-10(2,3)21-9(17)16-5-4-15-6-8(16)7-20-22(18,19)11(12,13)14/h8,15H,4-7H2,1-3H3. The molecule has 1 aliphatic rings. The maximum absolute atomic E-state index is 12.2. The van der Waals surface area contributed by atoms with Crippen LogP contribution in [0.2, 0.25) is 0 Å². The number of carbonyl (C=O) groups is 1. The van der Waals surface area contributed by atoms with E-state index in [1.54, 1.807) is 20.8 Å². The highest BCUT2D eigenvalue weighted by Crippen LogP contribution is 2.25. The van der Waals surface area contributed by atoms with E-state index in [2.05, 4.69) is 9.50 Å². The summed E-state index contributed by atoms with van der Waals surface area (Å²) in [6.45, 7) is 4.84. The molecule has 0 saturated carbocycles. The van der Waals surface area contributed by atoms with E-state index in [1.807, 2.05) is 0 Å². The second-order valence-electron chi connectivity index (χ2n) is 5.72. The number of ether oxygens (including phenoxy) is 1. The number of nitrogens with zero attached hydrogens (tertiary/aromatic N) is 1. The van der Waals surface area contributed by atoms with Gasteiger partial charge in [-0.2, -0.15) is 21.6 Å². The van der Waals surface area contributed by atoms with Crippen molar-refractivity contribution in [2.45, 2.75) is 37.9 Å². The van der Waals surface area contributed by atoms with Gasteiger partial charge in [0.2, 0.25) is 0 Å². The van der Waals surface area contributed by atoms with Crippen LogP contribution < -0.4 is 5.32 Å². The number of piperazine rings is 1. The first-order chi connectivity index (χ1) is 9.83. The van der Waals surface area contributed by atoms with Crippen LogP contribution >= 0.6 is 0 Å². The fourth-order valence-corrected chi connectivity index (χ4v) is 2.18. The summed E-state index contributed by atoms with van der Waals surface area (Å²) in [6, 6.07) is -0.874. The Labute approximate surface area is 126 Å². The molecular formula is C11H19F3N2O5S. The van der Waals surface area contributed by atoms with Gasteiger partial charge in [0, 0.05) is 19.6 Å². The third kappa shape index (κ3) is 5.29. The molecule has 0 aromatic carbocycles. The summed E-state index contributed by atoms with van der Waals surface area (Å²) in [7, 11) is -5.69. The van der Waals surface area contributed by atoms with E-state index in [0.717, 1.165) is 4.90 Å². The fourth-order valence-electron chi connectivity index (χ4n) is 1.71. The van der Waals surface area contributed by atoms with Crippen LogP contribution in [0.1, 0.15) is 20.8 Å². The molecule has 1 rings (SSSR count). The lowest BCUT2D eigenvalue weighted by Gasteiger charge is -2.36. The molecule has 1 fully saturated rings. The Morgan fingerprint density at radius 1 is 1.32 bits per heavy atom. The van der Waals surface area contributed by atoms with E-state index in [0.29, 0.717) is 6.54 Å². The maximum Gasteiger partial charge on any atom is 0.523 e. The quantitative estimate of drug-likeness (QED) is 0.606. The van der Waals surface area contributed by atoms with Gasteiger partial charge >= 0.3 is 21.7 Å². The van der Waals surface area contributed by atoms with Crippen LogP contribution in [-0.4, -0.2) is 62.8 Å². The number of halogens is 3. The van der Waals surface area contributed by atoms with E-state index in [9.17, 15) is 26.4 Å². The molecule has 0 aliphatic carbocycles. The summed E-state index contributed by atoms with van der Waals surface area (Å²) in [6.07, 6.45) is -0.730. The number of hydrogen-bond donors (Lipinski definition) is 1. The van der Waals surface area contributed by atoms with Crippen molar-refractivity contribution in [1.82, 2.24) is 10.2 Å². The Balaban J connectivity index is 2.73. The predicted molar refractivity (Wildman–Crippen MR) is 70.5 cm³/mol. The Kier molecular flexibility index (Phi) is 5.68. The smallest absolute Gasteiger partial charge is 0.444 e. The van der Waals surface area contributed by atoms with E-state index in [4.69, 9.17) is 4.74 Å². The van der Waals surface area contributed by atoms with Crippen LogP contribution in [0.15, 0.2) is 0 Å². The van der Waals surface area contributed by atoms with Crippen LogP contribution in [0.25, 0.3) is 0 Å². The van der Waals surface area contributed by atoms with Crippen molar-refractivity contribution >= 4 is 16.2 Å². The molecule has 22 heavy (non-hydrogen) atoms. The monoisotopic (exact) mass is 348 g/mol. The fraction of sp³-hybridized carbons (Fsp3) is 0.909. The van der Waals surface area contributed by atoms with Gasteiger partial charge in [0.25, 0.3) is 0 Å². The lowest BCUT2D eigenvalue weighted by atomic mass is 10.2. The summed E-state index contributed by atoms with van der Waals surface area (Å²) >= 11 is 0. The molecule has 1 heterocycles. The van der Waals surface area contributed by atoms with Crippen molar-refractivity contribution in [1.29, 1.82) is 0 Å². The molecule has 0 aromatic rings. The minimum absolute atomic E-state index is 0.104. The number of amides is 1. The van der Waals surface area contributed by atoms with Gasteiger partial charge < -0.3 is 15.0 Å². The highest BCUT2D eigenvalue weighted by Gasteiger charge is 2.48. The minimum atomic E-state index is -5.69. The summed E-state index contributed by atoms with van der Waals surface area (Å²) in [5, 5.41) is 2.85. The lowest BCUT2D eigenvalue weighted by Crippen LogP contribution is -2.56. The van der Waals surface area contributed by atoms with Crippen LogP contribution in [0, 0.1) is 0 Å². The van der Waals surface area contributed by atoms with Crippen LogP contribution in [-0.2, 0) is 19.0 Å². The SMILES string of the molecule is CC(C)(C)OC(=O)N1CCNCC1COS(=O)(=O)C(F)(F)F. The highest BCUT2D eigenvalue weighted by atomic mass is 32.2. The molecule has 130 valence electrons. The zero-order chi connectivity index (χ0) is 17.2. The summed E-state index contributed by atoms with van der Waals surface area (Å²) < 4.78 is 67.6. The first kappa shape index (κ1) is 19.0. The van der Waals surface area contributed by atoms with Crippen LogP contribution in [0.3, 0.4) is 0 Å². The summed E-state index contributed by atoms with van der Waals surface area (Å²) in [4.78, 5) is 13.2. The van der Waals surface area contributed by atoms with Gasteiger partial charge in [-0.1, -0.05) is 0 Å². The molecule has 7 nitrogen and oxygen atoms in total. The Morgan fingerprint density at radius 2 is 1.91 bits per heavy atom. The van der Waals surface area contributed by atoms with E-state index < -0.39 is 40.0 Å². The number of nitrogens with one attached hydrogen (secondary N) is 1. The largest absolute Gasteiger partial charge is 0.523 e. The molecule has 1 N–H and O–H groups in total. The molecule has 1 saturated heterocycles. The molecule has 0 radical (unpaired) electrons. The van der Waals surface area contributed by atoms with Gasteiger partial charge in [0.05, 0.1) is 12.6 Å². The molecule has 0 aromatic heterocycles. The second kappa shape index (κ2) is 6.59. The second-order valence-corrected chi connectivity index (χ2v) is 7.32. The topological polar surface area (TPSA) is 84.9 Å². The van der Waals surface area contributed by atoms with Crippen LogP contribution in [0.4, 0.5) is 18.0 Å². The van der Waals surface area contributed by atoms with E-state index in [-0.39, 0.29) is 13.1 Å². The molecular weight excluding hydrogens is 329 g/mol. The Bertz CT molecular complexity index is 501. The van der Waals surface area contributed by atoms with Gasteiger partial charge in [0.15, 0.2) is 0 Å². The van der Waals surface area contributed by atoms with Crippen molar-refractivity contribution in [3.63, 3.8) is 0 Å². The number of carbonyl (C=O) groups excluding carboxylic acids is 1. The van der Waals surface area contributed by atoms with Crippen LogP contribution in [0.5, 0.6) is 0 Å². The first-order valence-corrected chi connectivity index (χ1v) is 7.90. The third-order valence-corrected chi connectivity index (χ3v) is 3.69. The highest BCUT2D eigenvalue weighted by molar-refractivity contribution is 7.87. The van der Waals surface area contributed by atoms with E-state index in [1.165, 1.54) is 0 Å². The Morgan fingerprint density at radius 3 is 2.41 bits per heavy atom. The average molecular weight is 348 g/mol. The zero-order valence-corrected chi connectivity index (χ0v) is 13.3. The third-order valence-electron chi connectivity index (χ3n) is 2.68. The van der Waals surface area contributed by atoms with Crippen molar-refractivity contribution in [3.05, 3.63) is 0 Å². The van der Waals surface area contributed by atoms with Gasteiger partial charge in [-0.15, -0.1) is 0 Å². The molecule has 11 heteroatoms. The van der Waals surface area contributed by atoms with Crippen molar-refractivity contribution < 1.29 is 35.3 Å². The van der Waals surface area contributed by atoms with Gasteiger partial charge in [0.1, 0.15) is 5.60 Å². The molecule has 1 unspecified atom stereocenters. The number of rotatable bonds is 3. The lowest BCUT2D eigenvalue weighted by molar-refractivity contribution is -0.0560. The minimum Gasteiger partial charge on any atom is -0.444 e. The zero-order valence-electron chi connectivity index (χ0n) is 12.4. The number of hydrogen-bond acceptors (Lipinski definition) is 6. The maximum atomic E-state index is 12.2. The van der Waals surface area contributed by atoms with Gasteiger partial charge in [-0.3, -0.25) is 4.18 Å². The average Bonchev–Trinajstić information content (AvgIpc) is 2.33. The molecule has 1 amide bonds. The predicted octanol–water partition coefficient (Wildman–Crippen LogP) is 1.06. The normalized spacial score (nSPS) is 20.8. The molecule has 1 aliphatic heterocycles. The first-order valence-electron chi connectivity index (χ1n) is 6.49. The van der Waals surface area contributed by atoms with Gasteiger partial charge in [-0.05, 0) is 20.8 Å². The summed E-state index contributed by atoms with van der Waals surface area (Å²) in [5.41, 5.74) is -6.27. The Hall–Kier alpha value is -1.07. The van der Waals surface area contributed by atoms with Crippen molar-refractivity contribution in [2.75, 3.05) is 26.2 Å². The molecule has 1 atom stereocenters. The van der Waals surface area contributed by atoms with E-state index >= 15 is 0 Å². The van der Waals surface area contributed by atoms with Crippen molar-refractivity contribution in [2.24, 2.45) is 0 Å². The van der Waals surface area contributed by atoms with Gasteiger partial charge in [-0.25, -0.2) is 4.79 Å². The molecule has 0 bridgehead atoms.